The van der Waals surface area contributed by atoms with Crippen LogP contribution < -0.4 is 0 Å². The second-order valence-corrected chi connectivity index (χ2v) is 25.5. The summed E-state index contributed by atoms with van der Waals surface area (Å²) >= 11 is 0. The molecule has 0 saturated carbocycles. The van der Waals surface area contributed by atoms with Gasteiger partial charge in [0.15, 0.2) is 0 Å². The highest BCUT2D eigenvalue weighted by Crippen LogP contribution is 2.37. The molecule has 0 unspecified atom stereocenters. The standard InChI is InChI=1S/3C21H28.C18H22/c1-13-9-18(10-14(2)17(13)5)20-15(3)11-19(12-16(20)4)21(6,7)8;1-7-8-9-19-10-16(4)21(17(5)11-19)20-12-14(2)18(6)15(3)13-20;1-7-17-12-18(8-2)21(19(9-3)13-17)20-10-14(4)16(6)15(5)11-20;1-11-7-14(4)18(15(5)8-11)17-9-12(2)16(6)13(3)10-17/h9-12H,1-8H3;2*10-13H,7-9H2,1-6H3;7-10H,1-6H3. The highest BCUT2D eigenvalue weighted by atomic mass is 14.2. The van der Waals surface area contributed by atoms with Gasteiger partial charge in [0, 0.05) is 0 Å². The lowest BCUT2D eigenvalue weighted by molar-refractivity contribution is 0.589. The summed E-state index contributed by atoms with van der Waals surface area (Å²) in [5.74, 6) is 0. The predicted molar refractivity (Wildman–Crippen MR) is 363 cm³/mol. The lowest BCUT2D eigenvalue weighted by atomic mass is 9.82. The average molecular weight is 1080 g/mol. The Bertz CT molecular complexity index is 3330. The van der Waals surface area contributed by atoms with Gasteiger partial charge in [0.25, 0.3) is 0 Å². The van der Waals surface area contributed by atoms with Crippen LogP contribution in [0.1, 0.15) is 195 Å². The van der Waals surface area contributed by atoms with Crippen molar-refractivity contribution in [2.45, 2.75) is 224 Å². The van der Waals surface area contributed by atoms with E-state index in [-0.39, 0.29) is 5.41 Å². The summed E-state index contributed by atoms with van der Waals surface area (Å²) in [4.78, 5) is 0. The zero-order valence-electron chi connectivity index (χ0n) is 56.0. The average Bonchev–Trinajstić information content (AvgIpc) is 3.43. The molecule has 0 saturated heterocycles. The molecule has 0 aliphatic carbocycles. The summed E-state index contributed by atoms with van der Waals surface area (Å²) in [6.45, 7) is 58.0. The zero-order chi connectivity index (χ0) is 60.5. The van der Waals surface area contributed by atoms with Crippen LogP contribution in [-0.2, 0) is 31.1 Å². The van der Waals surface area contributed by atoms with E-state index in [0.29, 0.717) is 0 Å². The molecule has 0 spiro atoms. The first kappa shape index (κ1) is 65.6. The first-order chi connectivity index (χ1) is 38.0. The van der Waals surface area contributed by atoms with Gasteiger partial charge in [0.1, 0.15) is 0 Å². The third-order valence-electron chi connectivity index (χ3n) is 17.9. The van der Waals surface area contributed by atoms with Crippen LogP contribution in [0, 0.1) is 132 Å². The van der Waals surface area contributed by atoms with Gasteiger partial charge in [0.05, 0.1) is 0 Å². The Hall–Kier alpha value is -6.24. The number of unbranched alkanes of at least 4 members (excludes halogenated alkanes) is 1. The van der Waals surface area contributed by atoms with Crippen molar-refractivity contribution >= 4 is 0 Å². The fraction of sp³-hybridized carbons (Fsp3) is 0.407. The second kappa shape index (κ2) is 28.2. The molecule has 0 aliphatic heterocycles. The molecule has 0 heteroatoms. The fourth-order valence-electron chi connectivity index (χ4n) is 12.2. The van der Waals surface area contributed by atoms with E-state index < -0.39 is 0 Å². The molecule has 0 nitrogen and oxygen atoms in total. The highest BCUT2D eigenvalue weighted by molar-refractivity contribution is 5.77. The zero-order valence-corrected chi connectivity index (χ0v) is 56.0. The van der Waals surface area contributed by atoms with E-state index in [0.717, 1.165) is 19.3 Å². The molecular weight excluding hydrogens is 973 g/mol. The molecule has 81 heavy (non-hydrogen) atoms. The molecular formula is C81H106. The first-order valence-corrected chi connectivity index (χ1v) is 30.7. The Balaban J connectivity index is 0.000000199. The van der Waals surface area contributed by atoms with Gasteiger partial charge in [-0.1, -0.05) is 158 Å². The molecule has 0 amide bonds. The van der Waals surface area contributed by atoms with E-state index in [9.17, 15) is 0 Å². The van der Waals surface area contributed by atoms with Crippen molar-refractivity contribution in [2.75, 3.05) is 0 Å². The molecule has 0 aromatic heterocycles. The maximum absolute atomic E-state index is 2.40. The summed E-state index contributed by atoms with van der Waals surface area (Å²) in [6.07, 6.45) is 7.05. The van der Waals surface area contributed by atoms with E-state index >= 15 is 0 Å². The van der Waals surface area contributed by atoms with Crippen molar-refractivity contribution in [1.29, 1.82) is 0 Å². The summed E-state index contributed by atoms with van der Waals surface area (Å²) in [6, 6.07) is 37.5. The molecule has 0 aliphatic rings. The van der Waals surface area contributed by atoms with Crippen molar-refractivity contribution in [3.05, 3.63) is 231 Å². The van der Waals surface area contributed by atoms with Gasteiger partial charge in [-0.3, -0.25) is 0 Å². The van der Waals surface area contributed by atoms with Gasteiger partial charge in [-0.05, 0) is 342 Å². The molecule has 0 radical (unpaired) electrons. The number of rotatable bonds is 10. The van der Waals surface area contributed by atoms with Gasteiger partial charge in [-0.25, -0.2) is 0 Å². The summed E-state index contributed by atoms with van der Waals surface area (Å²) in [7, 11) is 0. The van der Waals surface area contributed by atoms with Crippen LogP contribution in [0.5, 0.6) is 0 Å². The summed E-state index contributed by atoms with van der Waals surface area (Å²) in [5.41, 5.74) is 45.1. The summed E-state index contributed by atoms with van der Waals surface area (Å²) in [5, 5.41) is 0. The van der Waals surface area contributed by atoms with Crippen molar-refractivity contribution in [2.24, 2.45) is 0 Å². The topological polar surface area (TPSA) is 0 Å². The Kier molecular flexibility index (Phi) is 22.8. The van der Waals surface area contributed by atoms with Crippen molar-refractivity contribution in [3.8, 4) is 44.5 Å². The van der Waals surface area contributed by atoms with Crippen molar-refractivity contribution in [3.63, 3.8) is 0 Å². The van der Waals surface area contributed by atoms with E-state index in [1.165, 1.54) is 197 Å². The number of hydrogen-bond donors (Lipinski definition) is 0. The number of benzene rings is 8. The minimum Gasteiger partial charge on any atom is -0.0654 e. The van der Waals surface area contributed by atoms with Crippen LogP contribution in [0.3, 0.4) is 0 Å². The lowest BCUT2D eigenvalue weighted by Crippen LogP contribution is -2.12. The van der Waals surface area contributed by atoms with Gasteiger partial charge in [-0.15, -0.1) is 0 Å². The quantitative estimate of drug-likeness (QED) is 0.128. The highest BCUT2D eigenvalue weighted by Gasteiger charge is 2.19. The second-order valence-electron chi connectivity index (χ2n) is 25.5. The van der Waals surface area contributed by atoms with Gasteiger partial charge < -0.3 is 0 Å². The van der Waals surface area contributed by atoms with Gasteiger partial charge >= 0.3 is 0 Å². The molecule has 0 fully saturated rings. The monoisotopic (exact) mass is 1080 g/mol. The predicted octanol–water partition coefficient (Wildman–Crippen LogP) is 23.6. The van der Waals surface area contributed by atoms with Crippen LogP contribution in [0.4, 0.5) is 0 Å². The molecule has 0 bridgehead atoms. The third kappa shape index (κ3) is 16.1. The van der Waals surface area contributed by atoms with Gasteiger partial charge in [0.2, 0.25) is 0 Å². The summed E-state index contributed by atoms with van der Waals surface area (Å²) < 4.78 is 0. The number of hydrogen-bond acceptors (Lipinski definition) is 0. The smallest absolute Gasteiger partial charge is 0.0120 e. The first-order valence-electron chi connectivity index (χ1n) is 30.7. The minimum absolute atomic E-state index is 0.202. The van der Waals surface area contributed by atoms with Crippen LogP contribution in [-0.4, -0.2) is 0 Å². The Labute approximate surface area is 496 Å². The SMILES string of the molecule is CCCCc1cc(C)c(-c2cc(C)c(C)c(C)c2)c(C)c1.CCc1cc(CC)c(-c2cc(C)c(C)c(C)c2)c(CC)c1.Cc1cc(-c2c(C)cc(C(C)(C)C)cc2C)cc(C)c1C.Cc1cc(C)c(-c2cc(C)c(C)c(C)c2)c(C)c1. The van der Waals surface area contributed by atoms with Gasteiger partial charge in [-0.2, -0.15) is 0 Å². The Morgan fingerprint density at radius 2 is 0.543 bits per heavy atom. The van der Waals surface area contributed by atoms with Crippen molar-refractivity contribution in [1.82, 2.24) is 0 Å². The Morgan fingerprint density at radius 3 is 0.802 bits per heavy atom. The molecule has 0 heterocycles. The fourth-order valence-corrected chi connectivity index (χ4v) is 12.2. The van der Waals surface area contributed by atoms with Crippen LogP contribution in [0.15, 0.2) is 97.1 Å². The normalized spacial score (nSPS) is 11.1. The largest absolute Gasteiger partial charge is 0.0654 e. The Morgan fingerprint density at radius 1 is 0.272 bits per heavy atom. The third-order valence-corrected chi connectivity index (χ3v) is 17.9. The lowest BCUT2D eigenvalue weighted by Gasteiger charge is -2.23. The maximum atomic E-state index is 2.40. The van der Waals surface area contributed by atoms with E-state index in [1.54, 1.807) is 0 Å². The van der Waals surface area contributed by atoms with Crippen molar-refractivity contribution < 1.29 is 0 Å². The molecule has 0 atom stereocenters. The molecule has 430 valence electrons. The van der Waals surface area contributed by atoms with E-state index in [1.807, 2.05) is 0 Å². The molecule has 8 aromatic carbocycles. The van der Waals surface area contributed by atoms with E-state index in [4.69, 9.17) is 0 Å². The van der Waals surface area contributed by atoms with Crippen LogP contribution in [0.2, 0.25) is 0 Å². The van der Waals surface area contributed by atoms with E-state index in [2.05, 4.69) is 277 Å². The molecule has 0 N–H and O–H groups in total. The molecule has 8 aromatic rings. The maximum Gasteiger partial charge on any atom is -0.0120 e. The number of aryl methyl sites for hydroxylation is 19. The minimum atomic E-state index is 0.202. The molecule has 8 rings (SSSR count). The van der Waals surface area contributed by atoms with Crippen LogP contribution >= 0.6 is 0 Å². The van der Waals surface area contributed by atoms with Crippen LogP contribution in [0.25, 0.3) is 44.5 Å².